The van der Waals surface area contributed by atoms with Crippen LogP contribution in [-0.2, 0) is 12.8 Å². The standard InChI is InChI=1S/C20H22N2O3/c1-2-19(17-8-7-14-5-3-4-6-16(14)13-17)21-20(23)15-9-11-18(12-10-15)22(24)25/h7-13,19H,2-6H2,1H3,(H,21,23). The van der Waals surface area contributed by atoms with Crippen molar-refractivity contribution >= 4 is 11.6 Å². The van der Waals surface area contributed by atoms with Crippen molar-refractivity contribution in [3.63, 3.8) is 0 Å². The summed E-state index contributed by atoms with van der Waals surface area (Å²) >= 11 is 0. The number of carbonyl (C=O) groups excluding carboxylic acids is 1. The highest BCUT2D eigenvalue weighted by atomic mass is 16.6. The predicted octanol–water partition coefficient (Wildman–Crippen LogP) is 4.35. The fourth-order valence-corrected chi connectivity index (χ4v) is 3.37. The zero-order chi connectivity index (χ0) is 17.8. The van der Waals surface area contributed by atoms with Gasteiger partial charge in [-0.1, -0.05) is 25.1 Å². The van der Waals surface area contributed by atoms with Crippen LogP contribution in [0, 0.1) is 10.1 Å². The lowest BCUT2D eigenvalue weighted by Gasteiger charge is -2.21. The molecule has 1 atom stereocenters. The second-order valence-electron chi connectivity index (χ2n) is 6.47. The molecule has 1 unspecified atom stereocenters. The minimum Gasteiger partial charge on any atom is -0.345 e. The Balaban J connectivity index is 1.75. The summed E-state index contributed by atoms with van der Waals surface area (Å²) in [6, 6.07) is 12.1. The van der Waals surface area contributed by atoms with E-state index in [-0.39, 0.29) is 17.6 Å². The Morgan fingerprint density at radius 2 is 1.80 bits per heavy atom. The molecule has 0 spiro atoms. The summed E-state index contributed by atoms with van der Waals surface area (Å²) in [5.41, 5.74) is 4.36. The number of carbonyl (C=O) groups is 1. The van der Waals surface area contributed by atoms with Gasteiger partial charge in [0.2, 0.25) is 0 Å². The Morgan fingerprint density at radius 3 is 2.44 bits per heavy atom. The van der Waals surface area contributed by atoms with E-state index in [1.807, 2.05) is 6.92 Å². The van der Waals surface area contributed by atoms with Gasteiger partial charge in [-0.2, -0.15) is 0 Å². The lowest BCUT2D eigenvalue weighted by molar-refractivity contribution is -0.384. The number of hydrogen-bond acceptors (Lipinski definition) is 3. The van der Waals surface area contributed by atoms with E-state index < -0.39 is 4.92 Å². The second kappa shape index (κ2) is 7.47. The summed E-state index contributed by atoms with van der Waals surface area (Å²) in [4.78, 5) is 22.7. The smallest absolute Gasteiger partial charge is 0.269 e. The van der Waals surface area contributed by atoms with E-state index in [0.717, 1.165) is 24.8 Å². The van der Waals surface area contributed by atoms with Crippen LogP contribution in [0.2, 0.25) is 0 Å². The number of nitro groups is 1. The maximum Gasteiger partial charge on any atom is 0.269 e. The molecule has 25 heavy (non-hydrogen) atoms. The molecule has 0 aromatic heterocycles. The number of nitrogens with one attached hydrogen (secondary N) is 1. The number of benzene rings is 2. The van der Waals surface area contributed by atoms with Gasteiger partial charge >= 0.3 is 0 Å². The van der Waals surface area contributed by atoms with Crippen molar-refractivity contribution in [2.24, 2.45) is 0 Å². The number of amides is 1. The summed E-state index contributed by atoms with van der Waals surface area (Å²) in [6.45, 7) is 2.04. The first kappa shape index (κ1) is 17.1. The summed E-state index contributed by atoms with van der Waals surface area (Å²) in [6.07, 6.45) is 5.51. The topological polar surface area (TPSA) is 72.2 Å². The average Bonchev–Trinajstić information content (AvgIpc) is 2.65. The molecule has 2 aromatic carbocycles. The molecule has 0 saturated heterocycles. The molecular formula is C20H22N2O3. The maximum absolute atomic E-state index is 12.5. The zero-order valence-corrected chi connectivity index (χ0v) is 14.3. The van der Waals surface area contributed by atoms with Gasteiger partial charge in [0, 0.05) is 17.7 Å². The van der Waals surface area contributed by atoms with Gasteiger partial charge < -0.3 is 5.32 Å². The highest BCUT2D eigenvalue weighted by Crippen LogP contribution is 2.26. The monoisotopic (exact) mass is 338 g/mol. The summed E-state index contributed by atoms with van der Waals surface area (Å²) in [5.74, 6) is -0.209. The summed E-state index contributed by atoms with van der Waals surface area (Å²) < 4.78 is 0. The number of nitro benzene ring substituents is 1. The lowest BCUT2D eigenvalue weighted by atomic mass is 9.88. The van der Waals surface area contributed by atoms with Gasteiger partial charge in [0.15, 0.2) is 0 Å². The molecule has 130 valence electrons. The minimum absolute atomic E-state index is 0.0155. The van der Waals surface area contributed by atoms with E-state index in [2.05, 4.69) is 23.5 Å². The van der Waals surface area contributed by atoms with Crippen LogP contribution in [0.4, 0.5) is 5.69 Å². The Bertz CT molecular complexity index is 784. The lowest BCUT2D eigenvalue weighted by Crippen LogP contribution is -2.28. The van der Waals surface area contributed by atoms with Gasteiger partial charge in [-0.3, -0.25) is 14.9 Å². The first-order valence-corrected chi connectivity index (χ1v) is 8.75. The molecule has 0 bridgehead atoms. The molecule has 1 aliphatic rings. The normalized spacial score (nSPS) is 14.4. The zero-order valence-electron chi connectivity index (χ0n) is 14.3. The third kappa shape index (κ3) is 3.87. The Hall–Kier alpha value is -2.69. The second-order valence-corrected chi connectivity index (χ2v) is 6.47. The third-order valence-corrected chi connectivity index (χ3v) is 4.83. The molecule has 0 radical (unpaired) electrons. The molecule has 5 heteroatoms. The van der Waals surface area contributed by atoms with Crippen molar-refractivity contribution in [3.8, 4) is 0 Å². The SMILES string of the molecule is CCC(NC(=O)c1ccc([N+](=O)[O-])cc1)c1ccc2c(c1)CCCC2. The fraction of sp³-hybridized carbons (Fsp3) is 0.350. The van der Waals surface area contributed by atoms with Crippen LogP contribution in [-0.4, -0.2) is 10.8 Å². The average molecular weight is 338 g/mol. The predicted molar refractivity (Wildman–Crippen MR) is 96.7 cm³/mol. The molecule has 1 aliphatic carbocycles. The minimum atomic E-state index is -0.469. The summed E-state index contributed by atoms with van der Waals surface area (Å²) in [5, 5.41) is 13.8. The van der Waals surface area contributed by atoms with Crippen LogP contribution in [0.15, 0.2) is 42.5 Å². The van der Waals surface area contributed by atoms with E-state index in [0.29, 0.717) is 5.56 Å². The van der Waals surface area contributed by atoms with Gasteiger partial charge in [0.05, 0.1) is 11.0 Å². The molecule has 0 saturated carbocycles. The number of non-ortho nitro benzene ring substituents is 1. The van der Waals surface area contributed by atoms with Crippen molar-refractivity contribution in [2.45, 2.75) is 45.1 Å². The van der Waals surface area contributed by atoms with Crippen molar-refractivity contribution in [2.75, 3.05) is 0 Å². The number of aryl methyl sites for hydroxylation is 2. The Kier molecular flexibility index (Phi) is 5.12. The number of rotatable bonds is 5. The quantitative estimate of drug-likeness (QED) is 0.650. The molecule has 0 aliphatic heterocycles. The first-order chi connectivity index (χ1) is 12.1. The van der Waals surface area contributed by atoms with Crippen molar-refractivity contribution in [1.82, 2.24) is 5.32 Å². The van der Waals surface area contributed by atoms with Gasteiger partial charge in [-0.15, -0.1) is 0 Å². The van der Waals surface area contributed by atoms with Gasteiger partial charge in [-0.25, -0.2) is 0 Å². The number of fused-ring (bicyclic) bond motifs is 1. The Morgan fingerprint density at radius 1 is 1.12 bits per heavy atom. The van der Waals surface area contributed by atoms with Crippen LogP contribution in [0.25, 0.3) is 0 Å². The van der Waals surface area contributed by atoms with E-state index in [1.54, 1.807) is 0 Å². The fourth-order valence-electron chi connectivity index (χ4n) is 3.37. The van der Waals surface area contributed by atoms with E-state index in [1.165, 1.54) is 48.2 Å². The molecular weight excluding hydrogens is 316 g/mol. The van der Waals surface area contributed by atoms with E-state index >= 15 is 0 Å². The molecule has 1 amide bonds. The van der Waals surface area contributed by atoms with Crippen LogP contribution >= 0.6 is 0 Å². The van der Waals surface area contributed by atoms with Gasteiger partial charge in [-0.05, 0) is 60.9 Å². The largest absolute Gasteiger partial charge is 0.345 e. The van der Waals surface area contributed by atoms with Crippen LogP contribution in [0.3, 0.4) is 0 Å². The number of hydrogen-bond donors (Lipinski definition) is 1. The van der Waals surface area contributed by atoms with Gasteiger partial charge in [0.1, 0.15) is 0 Å². The maximum atomic E-state index is 12.5. The highest BCUT2D eigenvalue weighted by molar-refractivity contribution is 5.94. The van der Waals surface area contributed by atoms with Gasteiger partial charge in [0.25, 0.3) is 11.6 Å². The summed E-state index contributed by atoms with van der Waals surface area (Å²) in [7, 11) is 0. The molecule has 5 nitrogen and oxygen atoms in total. The molecule has 2 aromatic rings. The first-order valence-electron chi connectivity index (χ1n) is 8.75. The van der Waals surface area contributed by atoms with Crippen LogP contribution in [0.1, 0.15) is 59.3 Å². The van der Waals surface area contributed by atoms with E-state index in [4.69, 9.17) is 0 Å². The third-order valence-electron chi connectivity index (χ3n) is 4.83. The van der Waals surface area contributed by atoms with Crippen molar-refractivity contribution < 1.29 is 9.72 Å². The number of nitrogens with zero attached hydrogens (tertiary/aromatic N) is 1. The van der Waals surface area contributed by atoms with Crippen molar-refractivity contribution in [1.29, 1.82) is 0 Å². The molecule has 0 fully saturated rings. The molecule has 1 N–H and O–H groups in total. The Labute approximate surface area is 147 Å². The highest BCUT2D eigenvalue weighted by Gasteiger charge is 2.17. The van der Waals surface area contributed by atoms with Crippen molar-refractivity contribution in [3.05, 3.63) is 74.8 Å². The molecule has 0 heterocycles. The molecule has 3 rings (SSSR count). The van der Waals surface area contributed by atoms with E-state index in [9.17, 15) is 14.9 Å². The van der Waals surface area contributed by atoms with Crippen LogP contribution < -0.4 is 5.32 Å². The van der Waals surface area contributed by atoms with Crippen LogP contribution in [0.5, 0.6) is 0 Å².